The molecule has 25 heteroatoms. The van der Waals surface area contributed by atoms with Crippen molar-refractivity contribution >= 4 is 6.96 Å². The predicted molar refractivity (Wildman–Crippen MR) is 193 cm³/mol. The monoisotopic (exact) mass is 986 g/mol. The zero-order valence-electron chi connectivity index (χ0n) is 32.4. The molecule has 0 N–H and O–H groups in total. The summed E-state index contributed by atoms with van der Waals surface area (Å²) in [7, 11) is 0. The minimum Gasteiger partial charge on any atom is -0.607 e. The predicted octanol–water partition coefficient (Wildman–Crippen LogP) is 13.2. The summed E-state index contributed by atoms with van der Waals surface area (Å²) in [5.41, 5.74) is 3.75. The maximum Gasteiger partial charge on any atom is 0.777 e. The van der Waals surface area contributed by atoms with Crippen LogP contribution in [0, 0.1) is 122 Å². The van der Waals surface area contributed by atoms with E-state index in [1.54, 1.807) is 0 Å². The molecule has 0 atom stereocenters. The molecule has 0 saturated heterocycles. The van der Waals surface area contributed by atoms with Crippen LogP contribution in [0.3, 0.4) is 0 Å². The van der Waals surface area contributed by atoms with Gasteiger partial charge in [0, 0.05) is 0 Å². The number of benzene rings is 7. The normalized spacial score (nSPS) is 11.2. The summed E-state index contributed by atoms with van der Waals surface area (Å²) in [6, 6.07) is 31.6. The first-order valence-corrected chi connectivity index (χ1v) is 18.0. The van der Waals surface area contributed by atoms with Gasteiger partial charge in [-0.1, -0.05) is 18.2 Å². The van der Waals surface area contributed by atoms with Gasteiger partial charge in [-0.05, 0) is 72.8 Å². The second-order valence-corrected chi connectivity index (χ2v) is 13.1. The molecule has 354 valence electrons. The van der Waals surface area contributed by atoms with Crippen molar-refractivity contribution in [3.63, 3.8) is 0 Å². The van der Waals surface area contributed by atoms with Gasteiger partial charge in [0.2, 0.25) is 116 Å². The highest BCUT2D eigenvalue weighted by Crippen LogP contribution is 2.40. The first-order chi connectivity index (χ1) is 32.0. The molecule has 0 aliphatic carbocycles. The minimum absolute atomic E-state index is 1.25. The van der Waals surface area contributed by atoms with E-state index in [1.807, 2.05) is 0 Å². The summed E-state index contributed by atoms with van der Waals surface area (Å²) in [6.07, 6.45) is 0. The Morgan fingerprint density at radius 2 is 0.368 bits per heavy atom. The van der Waals surface area contributed by atoms with Crippen LogP contribution in [-0.4, -0.2) is 6.96 Å². The largest absolute Gasteiger partial charge is 0.777 e. The molecule has 0 fully saturated rings. The third-order valence-electron chi connectivity index (χ3n) is 8.91. The Hall–Kier alpha value is -7.73. The quantitative estimate of drug-likeness (QED) is 0.0323. The molecule has 7 aromatic carbocycles. The Balaban J connectivity index is 0.000000330. The maximum atomic E-state index is 14.6. The fourth-order valence-electron chi connectivity index (χ4n) is 5.79. The highest BCUT2D eigenvalue weighted by atomic mass is 19.2. The Bertz CT molecular complexity index is 2540. The average molecular weight is 986 g/mol. The molecule has 0 aliphatic rings. The highest BCUT2D eigenvalue weighted by molar-refractivity contribution is 6.57. The summed E-state index contributed by atoms with van der Waals surface area (Å²) >= 11 is 0. The highest BCUT2D eigenvalue weighted by Gasteiger charge is 2.51. The van der Waals surface area contributed by atoms with E-state index in [4.69, 9.17) is 0 Å². The summed E-state index contributed by atoms with van der Waals surface area (Å²) in [4.78, 5) is 0. The van der Waals surface area contributed by atoms with Gasteiger partial charge in [-0.2, -0.15) is 35.1 Å². The van der Waals surface area contributed by atoms with Gasteiger partial charge in [-0.25, -0.2) is 52.7 Å². The van der Waals surface area contributed by atoms with Crippen molar-refractivity contribution in [1.29, 1.82) is 0 Å². The summed E-state index contributed by atoms with van der Waals surface area (Å²) < 4.78 is 299. The van der Waals surface area contributed by atoms with Crippen LogP contribution in [-0.2, 0) is 0 Å². The van der Waals surface area contributed by atoms with E-state index in [2.05, 4.69) is 110 Å². The SMILES string of the molecule is Fc1c(F)c(F)c(O[B-](Oc2c(F)c(F)c(F)c(F)c2F)(Oc2c(F)c(F)c(F)c(F)c2F)Oc2c(F)c(F)c(F)c(F)c2F)c(F)c1F.c1ccc([C+](c2ccccc2)c2ccccc2)cc1. The molecule has 0 saturated carbocycles. The lowest BCUT2D eigenvalue weighted by atomic mass is 9.85. The van der Waals surface area contributed by atoms with Crippen molar-refractivity contribution in [1.82, 2.24) is 0 Å². The molecular weight excluding hydrogens is 971 g/mol. The topological polar surface area (TPSA) is 36.9 Å². The number of hydrogen-bond acceptors (Lipinski definition) is 4. The Kier molecular flexibility index (Phi) is 14.3. The van der Waals surface area contributed by atoms with Gasteiger partial charge in [0.05, 0.1) is 22.6 Å². The van der Waals surface area contributed by atoms with Crippen molar-refractivity contribution in [2.24, 2.45) is 0 Å². The molecular formula is C43H15BF20O4. The molecule has 0 aromatic heterocycles. The van der Waals surface area contributed by atoms with Crippen molar-refractivity contribution in [3.8, 4) is 23.0 Å². The van der Waals surface area contributed by atoms with Crippen molar-refractivity contribution in [2.75, 3.05) is 0 Å². The van der Waals surface area contributed by atoms with E-state index < -0.39 is 146 Å². The molecule has 0 unspecified atom stereocenters. The maximum absolute atomic E-state index is 14.6. The Morgan fingerprint density at radius 1 is 0.221 bits per heavy atom. The Labute approximate surface area is 366 Å². The summed E-state index contributed by atoms with van der Waals surface area (Å²) in [6.45, 7) is -6.78. The van der Waals surface area contributed by atoms with Crippen molar-refractivity contribution in [3.05, 3.63) is 230 Å². The standard InChI is InChI=1S/C24BF20O4.C19H15/c26-1-5(30)13(38)21(14(39)6(1)31)46-25(47-22-15(40)7(32)2(27)8(33)16(22)41,48-23-17(42)9(34)3(28)10(35)18(23)43)49-24-19(44)11(36)4(29)12(37)20(24)45;1-4-10-16(11-5-1)19(17-12-6-2-7-13-17)18-14-8-3-9-15-18/h;1-15H/q-1;+1. The van der Waals surface area contributed by atoms with Crippen LogP contribution in [0.15, 0.2) is 91.0 Å². The van der Waals surface area contributed by atoms with E-state index in [-0.39, 0.29) is 0 Å². The Morgan fingerprint density at radius 3 is 0.529 bits per heavy atom. The lowest BCUT2D eigenvalue weighted by Crippen LogP contribution is -2.61. The molecule has 4 nitrogen and oxygen atoms in total. The third kappa shape index (κ3) is 9.18. The van der Waals surface area contributed by atoms with E-state index in [9.17, 15) is 87.8 Å². The van der Waals surface area contributed by atoms with Gasteiger partial charge < -0.3 is 18.6 Å². The molecule has 7 aromatic rings. The van der Waals surface area contributed by atoms with Crippen LogP contribution >= 0.6 is 0 Å². The van der Waals surface area contributed by atoms with Crippen LogP contribution in [0.25, 0.3) is 0 Å². The van der Waals surface area contributed by atoms with E-state index in [0.29, 0.717) is 0 Å². The lowest BCUT2D eigenvalue weighted by molar-refractivity contribution is 0.130. The van der Waals surface area contributed by atoms with Crippen molar-refractivity contribution < 1.29 is 106 Å². The van der Waals surface area contributed by atoms with Crippen LogP contribution in [0.5, 0.6) is 23.0 Å². The average Bonchev–Trinajstić information content (AvgIpc) is 3.35. The van der Waals surface area contributed by atoms with Gasteiger partial charge in [0.15, 0.2) is 23.0 Å². The van der Waals surface area contributed by atoms with Crippen LogP contribution in [0.4, 0.5) is 87.8 Å². The summed E-state index contributed by atoms with van der Waals surface area (Å²) in [5.74, 6) is -75.8. The van der Waals surface area contributed by atoms with E-state index in [1.165, 1.54) is 22.6 Å². The van der Waals surface area contributed by atoms with E-state index >= 15 is 0 Å². The van der Waals surface area contributed by atoms with Crippen LogP contribution in [0.2, 0.25) is 0 Å². The van der Waals surface area contributed by atoms with Gasteiger partial charge in [-0.3, -0.25) is 0 Å². The molecule has 0 amide bonds. The van der Waals surface area contributed by atoms with Crippen LogP contribution in [0.1, 0.15) is 16.7 Å². The van der Waals surface area contributed by atoms with E-state index in [0.717, 1.165) is 0 Å². The van der Waals surface area contributed by atoms with Crippen molar-refractivity contribution in [2.45, 2.75) is 0 Å². The second-order valence-electron chi connectivity index (χ2n) is 13.1. The number of hydrogen-bond donors (Lipinski definition) is 0. The zero-order valence-corrected chi connectivity index (χ0v) is 32.4. The first-order valence-electron chi connectivity index (χ1n) is 18.0. The molecule has 0 spiro atoms. The first kappa shape index (κ1) is 49.7. The molecule has 0 radical (unpaired) electrons. The zero-order chi connectivity index (χ0) is 50.1. The smallest absolute Gasteiger partial charge is 0.607 e. The minimum atomic E-state index is -6.78. The fourth-order valence-corrected chi connectivity index (χ4v) is 5.79. The van der Waals surface area contributed by atoms with Gasteiger partial charge in [-0.15, -0.1) is 0 Å². The van der Waals surface area contributed by atoms with Gasteiger partial charge in [0.1, 0.15) is 0 Å². The number of halogens is 20. The van der Waals surface area contributed by atoms with Crippen LogP contribution < -0.4 is 18.6 Å². The van der Waals surface area contributed by atoms with Gasteiger partial charge >= 0.3 is 6.96 Å². The third-order valence-corrected chi connectivity index (χ3v) is 8.91. The molecule has 0 aliphatic heterocycles. The molecule has 7 rings (SSSR count). The second kappa shape index (κ2) is 19.6. The molecule has 0 heterocycles. The number of rotatable bonds is 11. The fraction of sp³-hybridized carbons (Fsp3) is 0. The van der Waals surface area contributed by atoms with Gasteiger partial charge in [0.25, 0.3) is 0 Å². The summed E-state index contributed by atoms with van der Waals surface area (Å²) in [5, 5.41) is 0. The molecule has 68 heavy (non-hydrogen) atoms. The lowest BCUT2D eigenvalue weighted by Gasteiger charge is -2.41. The molecule has 0 bridgehead atoms.